The van der Waals surface area contributed by atoms with Gasteiger partial charge >= 0.3 is 0 Å². The van der Waals surface area contributed by atoms with Crippen LogP contribution in [-0.2, 0) is 6.54 Å². The molecule has 2 heterocycles. The molecule has 0 aliphatic rings. The van der Waals surface area contributed by atoms with Gasteiger partial charge in [0.05, 0.1) is 16.5 Å². The number of carbonyl (C=O) groups excluding carboxylic acids is 1. The zero-order valence-corrected chi connectivity index (χ0v) is 18.0. The molecule has 5 nitrogen and oxygen atoms in total. The second-order valence-corrected chi connectivity index (χ2v) is 7.96. The van der Waals surface area contributed by atoms with Crippen LogP contribution in [0.1, 0.15) is 27.9 Å². The number of imidazole rings is 1. The minimum atomic E-state index is -0.00916. The van der Waals surface area contributed by atoms with Gasteiger partial charge in [0.1, 0.15) is 0 Å². The highest BCUT2D eigenvalue weighted by Crippen LogP contribution is 2.30. The van der Waals surface area contributed by atoms with Gasteiger partial charge in [-0.25, -0.2) is 9.97 Å². The topological polar surface area (TPSA) is 51.0 Å². The van der Waals surface area contributed by atoms with Crippen LogP contribution in [-0.4, -0.2) is 27.0 Å². The molecule has 29 heavy (non-hydrogen) atoms. The molecule has 0 radical (unpaired) electrons. The van der Waals surface area contributed by atoms with Crippen LogP contribution in [0.4, 0.5) is 5.13 Å². The monoisotopic (exact) mass is 426 g/mol. The average molecular weight is 427 g/mol. The Labute approximate surface area is 180 Å². The maximum absolute atomic E-state index is 13.3. The highest BCUT2D eigenvalue weighted by molar-refractivity contribution is 7.22. The van der Waals surface area contributed by atoms with Gasteiger partial charge in [0, 0.05) is 31.0 Å². The Hall–Kier alpha value is -2.70. The summed E-state index contributed by atoms with van der Waals surface area (Å²) >= 11 is 1.57. The van der Waals surface area contributed by atoms with Crippen molar-refractivity contribution in [2.75, 3.05) is 11.4 Å². The van der Waals surface area contributed by atoms with E-state index in [1.54, 1.807) is 23.9 Å². The third-order valence-electron chi connectivity index (χ3n) is 4.63. The molecule has 150 valence electrons. The molecule has 1 amide bonds. The number of hydrogen-bond acceptors (Lipinski definition) is 4. The number of fused-ring (bicyclic) bond motifs is 1. The maximum Gasteiger partial charge on any atom is 0.260 e. The Morgan fingerprint density at radius 1 is 1.14 bits per heavy atom. The molecule has 0 atom stereocenters. The van der Waals surface area contributed by atoms with Crippen LogP contribution >= 0.6 is 23.7 Å². The molecule has 0 fully saturated rings. The van der Waals surface area contributed by atoms with Crippen molar-refractivity contribution in [2.45, 2.75) is 26.8 Å². The molecule has 4 aromatic rings. The lowest BCUT2D eigenvalue weighted by molar-refractivity contribution is 0.0986. The summed E-state index contributed by atoms with van der Waals surface area (Å²) < 4.78 is 3.13. The Kier molecular flexibility index (Phi) is 6.67. The van der Waals surface area contributed by atoms with E-state index >= 15 is 0 Å². The van der Waals surface area contributed by atoms with Gasteiger partial charge < -0.3 is 4.57 Å². The van der Waals surface area contributed by atoms with E-state index in [1.807, 2.05) is 52.9 Å². The molecule has 0 aliphatic carbocycles. The number of anilines is 1. The first-order valence-corrected chi connectivity index (χ1v) is 10.1. The molecule has 0 bridgehead atoms. The lowest BCUT2D eigenvalue weighted by Gasteiger charge is -2.20. The first kappa shape index (κ1) is 21.0. The number of halogens is 1. The number of rotatable bonds is 6. The Morgan fingerprint density at radius 3 is 2.72 bits per heavy atom. The molecule has 0 aliphatic heterocycles. The Balaban J connectivity index is 0.00000240. The van der Waals surface area contributed by atoms with Crippen LogP contribution in [0.3, 0.4) is 0 Å². The first-order chi connectivity index (χ1) is 13.6. The van der Waals surface area contributed by atoms with E-state index < -0.39 is 0 Å². The van der Waals surface area contributed by atoms with E-state index in [-0.39, 0.29) is 18.3 Å². The molecular weight excluding hydrogens is 404 g/mol. The fourth-order valence-corrected chi connectivity index (χ4v) is 4.27. The van der Waals surface area contributed by atoms with Crippen molar-refractivity contribution < 1.29 is 4.79 Å². The smallest absolute Gasteiger partial charge is 0.260 e. The summed E-state index contributed by atoms with van der Waals surface area (Å²) in [4.78, 5) is 23.9. The largest absolute Gasteiger partial charge is 0.337 e. The fourth-order valence-electron chi connectivity index (χ4n) is 3.18. The van der Waals surface area contributed by atoms with Crippen molar-refractivity contribution in [1.29, 1.82) is 0 Å². The van der Waals surface area contributed by atoms with Gasteiger partial charge in [-0.15, -0.1) is 12.4 Å². The molecule has 2 aromatic carbocycles. The van der Waals surface area contributed by atoms with Crippen molar-refractivity contribution in [2.24, 2.45) is 0 Å². The Morgan fingerprint density at radius 2 is 1.97 bits per heavy atom. The number of thiazole rings is 1. The molecule has 4 rings (SSSR count). The molecule has 0 unspecified atom stereocenters. The van der Waals surface area contributed by atoms with Crippen molar-refractivity contribution in [3.05, 3.63) is 77.9 Å². The second-order valence-electron chi connectivity index (χ2n) is 6.95. The third-order valence-corrected chi connectivity index (χ3v) is 5.67. The van der Waals surface area contributed by atoms with Crippen molar-refractivity contribution in [3.8, 4) is 0 Å². The van der Waals surface area contributed by atoms with Crippen LogP contribution in [0.2, 0.25) is 0 Å². The fraction of sp³-hybridized carbons (Fsp3) is 0.227. The van der Waals surface area contributed by atoms with E-state index in [0.717, 1.165) is 33.9 Å². The van der Waals surface area contributed by atoms with Gasteiger partial charge in [0.15, 0.2) is 5.13 Å². The van der Waals surface area contributed by atoms with E-state index in [0.29, 0.717) is 12.1 Å². The van der Waals surface area contributed by atoms with E-state index in [1.165, 1.54) is 5.56 Å². The molecule has 0 saturated heterocycles. The normalized spacial score (nSPS) is 10.7. The first-order valence-electron chi connectivity index (χ1n) is 9.31. The van der Waals surface area contributed by atoms with Gasteiger partial charge in [0.25, 0.3) is 5.91 Å². The summed E-state index contributed by atoms with van der Waals surface area (Å²) in [5.41, 5.74) is 3.89. The van der Waals surface area contributed by atoms with Gasteiger partial charge in [0.2, 0.25) is 0 Å². The van der Waals surface area contributed by atoms with Crippen LogP contribution in [0.15, 0.2) is 61.2 Å². The lowest BCUT2D eigenvalue weighted by atomic mass is 10.1. The quantitative estimate of drug-likeness (QED) is 0.422. The third kappa shape index (κ3) is 4.83. The SMILES string of the molecule is Cc1cccc(C(=O)N(CCCn2ccnc2)c2nc3ccc(C)cc3s2)c1.Cl. The molecule has 0 spiro atoms. The van der Waals surface area contributed by atoms with Crippen LogP contribution < -0.4 is 4.90 Å². The number of aryl methyl sites for hydroxylation is 3. The standard InChI is InChI=1S/C22H22N4OS.ClH/c1-16-5-3-6-18(13-16)21(27)26(11-4-10-25-12-9-23-15-25)22-24-19-8-7-17(2)14-20(19)28-22;/h3,5-9,12-15H,4,10-11H2,1-2H3;1H. The predicted molar refractivity (Wildman–Crippen MR) is 121 cm³/mol. The van der Waals surface area contributed by atoms with E-state index in [9.17, 15) is 4.79 Å². The number of nitrogens with zero attached hydrogens (tertiary/aromatic N) is 4. The van der Waals surface area contributed by atoms with E-state index in [2.05, 4.69) is 24.0 Å². The lowest BCUT2D eigenvalue weighted by Crippen LogP contribution is -2.32. The zero-order valence-electron chi connectivity index (χ0n) is 16.4. The molecule has 2 aromatic heterocycles. The zero-order chi connectivity index (χ0) is 19.5. The summed E-state index contributed by atoms with van der Waals surface area (Å²) in [5, 5.41) is 0.748. The summed E-state index contributed by atoms with van der Waals surface area (Å²) in [6, 6.07) is 13.9. The molecule has 0 N–H and O–H groups in total. The highest BCUT2D eigenvalue weighted by atomic mass is 35.5. The molecule has 0 saturated carbocycles. The maximum atomic E-state index is 13.3. The van der Waals surface area contributed by atoms with Crippen molar-refractivity contribution in [3.63, 3.8) is 0 Å². The average Bonchev–Trinajstić information content (AvgIpc) is 3.34. The number of benzene rings is 2. The summed E-state index contributed by atoms with van der Waals surface area (Å²) in [5.74, 6) is -0.00916. The van der Waals surface area contributed by atoms with Crippen LogP contribution in [0.25, 0.3) is 10.2 Å². The van der Waals surface area contributed by atoms with Crippen molar-refractivity contribution in [1.82, 2.24) is 14.5 Å². The summed E-state index contributed by atoms with van der Waals surface area (Å²) in [6.07, 6.45) is 6.33. The number of carbonyl (C=O) groups is 1. The minimum Gasteiger partial charge on any atom is -0.337 e. The molecular formula is C22H23ClN4OS. The number of hydrogen-bond donors (Lipinski definition) is 0. The van der Waals surface area contributed by atoms with Gasteiger partial charge in [-0.3, -0.25) is 9.69 Å². The number of aromatic nitrogens is 3. The summed E-state index contributed by atoms with van der Waals surface area (Å²) in [6.45, 7) is 5.48. The van der Waals surface area contributed by atoms with Crippen LogP contribution in [0.5, 0.6) is 0 Å². The Bertz CT molecular complexity index is 1110. The molecule has 7 heteroatoms. The second kappa shape index (κ2) is 9.20. The predicted octanol–water partition coefficient (Wildman–Crippen LogP) is 5.27. The minimum absolute atomic E-state index is 0. The van der Waals surface area contributed by atoms with E-state index in [4.69, 9.17) is 4.98 Å². The van der Waals surface area contributed by atoms with Gasteiger partial charge in [-0.1, -0.05) is 35.1 Å². The summed E-state index contributed by atoms with van der Waals surface area (Å²) in [7, 11) is 0. The van der Waals surface area contributed by atoms with Gasteiger partial charge in [-0.05, 0) is 50.1 Å². The highest BCUT2D eigenvalue weighted by Gasteiger charge is 2.21. The van der Waals surface area contributed by atoms with Gasteiger partial charge in [-0.2, -0.15) is 0 Å². The number of amides is 1. The van der Waals surface area contributed by atoms with Crippen molar-refractivity contribution >= 4 is 45.0 Å². The van der Waals surface area contributed by atoms with Crippen LogP contribution in [0, 0.1) is 13.8 Å².